The number of aldehydes is 1. The summed E-state index contributed by atoms with van der Waals surface area (Å²) in [6.45, 7) is 0. The molecule has 0 fully saturated rings. The van der Waals surface area contributed by atoms with E-state index in [1.165, 1.54) is 6.07 Å². The number of anilines is 1. The van der Waals surface area contributed by atoms with Gasteiger partial charge in [-0.05, 0) is 18.2 Å². The van der Waals surface area contributed by atoms with Crippen LogP contribution in [0.5, 0.6) is 0 Å². The van der Waals surface area contributed by atoms with Gasteiger partial charge in [-0.1, -0.05) is 0 Å². The van der Waals surface area contributed by atoms with Gasteiger partial charge in [-0.3, -0.25) is 9.59 Å². The van der Waals surface area contributed by atoms with Crippen molar-refractivity contribution in [2.75, 3.05) is 5.32 Å². The minimum absolute atomic E-state index is 0.0429. The SMILES string of the molecule is N#CCC(=O)Nc1ccc(F)cc1C=O. The van der Waals surface area contributed by atoms with Crippen molar-refractivity contribution < 1.29 is 14.0 Å². The van der Waals surface area contributed by atoms with Crippen LogP contribution >= 0.6 is 0 Å². The fourth-order valence-electron chi connectivity index (χ4n) is 1.01. The number of hydrogen-bond donors (Lipinski definition) is 1. The van der Waals surface area contributed by atoms with Crippen molar-refractivity contribution in [3.63, 3.8) is 0 Å². The van der Waals surface area contributed by atoms with Crippen LogP contribution in [-0.4, -0.2) is 12.2 Å². The third kappa shape index (κ3) is 2.88. The molecule has 4 nitrogen and oxygen atoms in total. The number of nitrogens with zero attached hydrogens (tertiary/aromatic N) is 1. The number of nitriles is 1. The lowest BCUT2D eigenvalue weighted by Crippen LogP contribution is -2.11. The molecule has 0 spiro atoms. The van der Waals surface area contributed by atoms with Gasteiger partial charge in [0.05, 0.1) is 11.8 Å². The van der Waals surface area contributed by atoms with Crippen molar-refractivity contribution in [1.29, 1.82) is 5.26 Å². The van der Waals surface area contributed by atoms with Gasteiger partial charge in [0.1, 0.15) is 12.2 Å². The molecule has 0 radical (unpaired) electrons. The van der Waals surface area contributed by atoms with Crippen LogP contribution in [0.3, 0.4) is 0 Å². The Morgan fingerprint density at radius 1 is 1.60 bits per heavy atom. The standard InChI is InChI=1S/C10H7FN2O2/c11-8-1-2-9(7(5-8)6-14)13-10(15)3-4-12/h1-2,5-6H,3H2,(H,13,15). The van der Waals surface area contributed by atoms with E-state index in [1.807, 2.05) is 0 Å². The first kappa shape index (κ1) is 10.9. The highest BCUT2D eigenvalue weighted by atomic mass is 19.1. The average Bonchev–Trinajstić information content (AvgIpc) is 2.21. The van der Waals surface area contributed by atoms with E-state index < -0.39 is 11.7 Å². The Balaban J connectivity index is 2.90. The zero-order chi connectivity index (χ0) is 11.3. The summed E-state index contributed by atoms with van der Waals surface area (Å²) in [4.78, 5) is 21.6. The largest absolute Gasteiger partial charge is 0.325 e. The number of rotatable bonds is 3. The van der Waals surface area contributed by atoms with Crippen LogP contribution in [0.15, 0.2) is 18.2 Å². The van der Waals surface area contributed by atoms with Crippen molar-refractivity contribution in [1.82, 2.24) is 0 Å². The minimum atomic E-state index is -0.560. The maximum absolute atomic E-state index is 12.7. The first-order valence-electron chi connectivity index (χ1n) is 4.09. The lowest BCUT2D eigenvalue weighted by molar-refractivity contribution is -0.115. The normalized spacial score (nSPS) is 9.07. The van der Waals surface area contributed by atoms with E-state index in [0.29, 0.717) is 6.29 Å². The molecule has 1 aromatic rings. The zero-order valence-electron chi connectivity index (χ0n) is 7.66. The van der Waals surface area contributed by atoms with Crippen molar-refractivity contribution in [3.05, 3.63) is 29.6 Å². The Morgan fingerprint density at radius 3 is 2.93 bits per heavy atom. The first-order valence-corrected chi connectivity index (χ1v) is 4.09. The molecule has 0 saturated heterocycles. The lowest BCUT2D eigenvalue weighted by atomic mass is 10.2. The predicted molar refractivity (Wildman–Crippen MR) is 50.6 cm³/mol. The van der Waals surface area contributed by atoms with Crippen molar-refractivity contribution in [2.45, 2.75) is 6.42 Å². The Labute approximate surface area is 85.3 Å². The van der Waals surface area contributed by atoms with E-state index in [9.17, 15) is 14.0 Å². The number of halogens is 1. The summed E-state index contributed by atoms with van der Waals surface area (Å²) in [5.74, 6) is -1.09. The van der Waals surface area contributed by atoms with Crippen molar-refractivity contribution in [3.8, 4) is 6.07 Å². The van der Waals surface area contributed by atoms with E-state index in [0.717, 1.165) is 12.1 Å². The fourth-order valence-corrected chi connectivity index (χ4v) is 1.01. The second-order valence-corrected chi connectivity index (χ2v) is 2.73. The van der Waals surface area contributed by atoms with Gasteiger partial charge in [-0.2, -0.15) is 5.26 Å². The monoisotopic (exact) mass is 206 g/mol. The molecule has 1 N–H and O–H groups in total. The summed E-state index contributed by atoms with van der Waals surface area (Å²) in [5, 5.41) is 10.6. The van der Waals surface area contributed by atoms with Crippen LogP contribution in [-0.2, 0) is 4.79 Å². The predicted octanol–water partition coefficient (Wildman–Crippen LogP) is 1.49. The molecule has 1 amide bonds. The number of amides is 1. The van der Waals surface area contributed by atoms with Gasteiger partial charge in [0.25, 0.3) is 0 Å². The first-order chi connectivity index (χ1) is 7.17. The molecule has 0 heterocycles. The zero-order valence-corrected chi connectivity index (χ0v) is 7.66. The summed E-state index contributed by atoms with van der Waals surface area (Å²) in [6, 6.07) is 5.06. The maximum atomic E-state index is 12.7. The highest BCUT2D eigenvalue weighted by Crippen LogP contribution is 2.15. The quantitative estimate of drug-likeness (QED) is 0.761. The molecule has 5 heteroatoms. The molecule has 1 rings (SSSR count). The van der Waals surface area contributed by atoms with Gasteiger partial charge in [0.15, 0.2) is 6.29 Å². The second-order valence-electron chi connectivity index (χ2n) is 2.73. The summed E-state index contributed by atoms with van der Waals surface area (Å²) in [7, 11) is 0. The lowest BCUT2D eigenvalue weighted by Gasteiger charge is -2.05. The Kier molecular flexibility index (Phi) is 3.52. The van der Waals surface area contributed by atoms with E-state index in [1.54, 1.807) is 6.07 Å². The molecular weight excluding hydrogens is 199 g/mol. The number of hydrogen-bond acceptors (Lipinski definition) is 3. The van der Waals surface area contributed by atoms with Gasteiger partial charge < -0.3 is 5.32 Å². The maximum Gasteiger partial charge on any atom is 0.238 e. The number of carbonyl (C=O) groups excluding carboxylic acids is 2. The molecule has 76 valence electrons. The van der Waals surface area contributed by atoms with Crippen LogP contribution in [0.4, 0.5) is 10.1 Å². The third-order valence-corrected chi connectivity index (χ3v) is 1.65. The van der Waals surface area contributed by atoms with E-state index in [2.05, 4.69) is 5.32 Å². The van der Waals surface area contributed by atoms with Crippen LogP contribution in [0.2, 0.25) is 0 Å². The summed E-state index contributed by atoms with van der Waals surface area (Å²) >= 11 is 0. The van der Waals surface area contributed by atoms with E-state index >= 15 is 0 Å². The van der Waals surface area contributed by atoms with Crippen LogP contribution < -0.4 is 5.32 Å². The van der Waals surface area contributed by atoms with Gasteiger partial charge in [0, 0.05) is 5.56 Å². The molecular formula is C10H7FN2O2. The molecule has 15 heavy (non-hydrogen) atoms. The molecule has 0 aliphatic rings. The second kappa shape index (κ2) is 4.86. The van der Waals surface area contributed by atoms with E-state index in [4.69, 9.17) is 5.26 Å². The molecule has 0 unspecified atom stereocenters. The van der Waals surface area contributed by atoms with Crippen molar-refractivity contribution >= 4 is 17.9 Å². The average molecular weight is 206 g/mol. The van der Waals surface area contributed by atoms with Gasteiger partial charge in [0.2, 0.25) is 5.91 Å². The topological polar surface area (TPSA) is 70.0 Å². The molecule has 0 aliphatic heterocycles. The number of benzene rings is 1. The minimum Gasteiger partial charge on any atom is -0.325 e. The van der Waals surface area contributed by atoms with Crippen molar-refractivity contribution in [2.24, 2.45) is 0 Å². The molecule has 0 saturated carbocycles. The third-order valence-electron chi connectivity index (χ3n) is 1.65. The van der Waals surface area contributed by atoms with E-state index in [-0.39, 0.29) is 17.7 Å². The van der Waals surface area contributed by atoms with Crippen LogP contribution in [0, 0.1) is 17.1 Å². The van der Waals surface area contributed by atoms with Crippen LogP contribution in [0.25, 0.3) is 0 Å². The fraction of sp³-hybridized carbons (Fsp3) is 0.100. The van der Waals surface area contributed by atoms with Crippen LogP contribution in [0.1, 0.15) is 16.8 Å². The highest BCUT2D eigenvalue weighted by Gasteiger charge is 2.06. The van der Waals surface area contributed by atoms with Gasteiger partial charge in [-0.25, -0.2) is 4.39 Å². The molecule has 1 aromatic carbocycles. The Bertz CT molecular complexity index is 438. The number of carbonyl (C=O) groups is 2. The molecule has 0 bridgehead atoms. The Morgan fingerprint density at radius 2 is 2.33 bits per heavy atom. The van der Waals surface area contributed by atoms with Gasteiger partial charge in [-0.15, -0.1) is 0 Å². The molecule has 0 aliphatic carbocycles. The number of nitrogens with one attached hydrogen (secondary N) is 1. The molecule has 0 atom stereocenters. The highest BCUT2D eigenvalue weighted by molar-refractivity contribution is 5.97. The smallest absolute Gasteiger partial charge is 0.238 e. The Hall–Kier alpha value is -2.22. The summed E-state index contributed by atoms with van der Waals surface area (Å²) < 4.78 is 12.7. The summed E-state index contributed by atoms with van der Waals surface area (Å²) in [6.07, 6.45) is 0.126. The van der Waals surface area contributed by atoms with Gasteiger partial charge >= 0.3 is 0 Å². The molecule has 0 aromatic heterocycles. The summed E-state index contributed by atoms with van der Waals surface area (Å²) in [5.41, 5.74) is 0.243.